The van der Waals surface area contributed by atoms with Crippen molar-refractivity contribution in [2.24, 2.45) is 0 Å². The zero-order valence-electron chi connectivity index (χ0n) is 13.6. The molecule has 0 bridgehead atoms. The minimum absolute atomic E-state index is 0.0948. The van der Waals surface area contributed by atoms with E-state index in [1.807, 2.05) is 0 Å². The van der Waals surface area contributed by atoms with Gasteiger partial charge in [-0.25, -0.2) is 0 Å². The first-order valence-corrected chi connectivity index (χ1v) is 8.98. The minimum atomic E-state index is -5.80. The zero-order chi connectivity index (χ0) is 18.8. The Kier molecular flexibility index (Phi) is 5.50. The Balaban J connectivity index is 2.36. The molecule has 0 saturated carbocycles. The Morgan fingerprint density at radius 1 is 1.36 bits per heavy atom. The molecule has 0 saturated heterocycles. The zero-order valence-corrected chi connectivity index (χ0v) is 14.5. The maximum absolute atomic E-state index is 12.6. The Morgan fingerprint density at radius 2 is 2.04 bits per heavy atom. The Morgan fingerprint density at radius 3 is 2.60 bits per heavy atom. The van der Waals surface area contributed by atoms with Crippen molar-refractivity contribution in [2.75, 3.05) is 7.11 Å². The second-order valence-corrected chi connectivity index (χ2v) is 7.12. The van der Waals surface area contributed by atoms with Gasteiger partial charge in [0.05, 0.1) is 7.11 Å². The summed E-state index contributed by atoms with van der Waals surface area (Å²) < 4.78 is 69.9. The number of ether oxygens (including phenoxy) is 1. The molecule has 0 unspecified atom stereocenters. The number of alkyl halides is 3. The van der Waals surface area contributed by atoms with Gasteiger partial charge in [-0.15, -0.1) is 0 Å². The third kappa shape index (κ3) is 4.17. The van der Waals surface area contributed by atoms with E-state index in [2.05, 4.69) is 9.50 Å². The predicted octanol–water partition coefficient (Wildman–Crippen LogP) is 2.31. The number of hydrogen-bond donors (Lipinski definition) is 1. The fourth-order valence-corrected chi connectivity index (χ4v) is 3.16. The quantitative estimate of drug-likeness (QED) is 0.625. The lowest BCUT2D eigenvalue weighted by Crippen LogP contribution is -2.38. The number of rotatable bonds is 5. The summed E-state index contributed by atoms with van der Waals surface area (Å²) in [5.41, 5.74) is -4.58. The number of methoxy groups -OCH3 is 1. The van der Waals surface area contributed by atoms with Crippen LogP contribution in [0.25, 0.3) is 0 Å². The lowest BCUT2D eigenvalue weighted by atomic mass is 9.87. The standard InChI is InChI=1S/C15H18F3NO5S/c1-3-13(20)19-10-5-6-11-9(8-10)4-7-12(23-2)14(11)24-25(21,22)15(16,17)18/h4,7,10H,3,5-6,8H2,1-2H3,(H,19,20)/t10-/m0/s1. The highest BCUT2D eigenvalue weighted by Gasteiger charge is 2.49. The van der Waals surface area contributed by atoms with Gasteiger partial charge in [0.2, 0.25) is 5.91 Å². The molecule has 0 aliphatic heterocycles. The van der Waals surface area contributed by atoms with Crippen LogP contribution in [0.2, 0.25) is 0 Å². The number of benzene rings is 1. The summed E-state index contributed by atoms with van der Waals surface area (Å²) in [6.45, 7) is 1.71. The van der Waals surface area contributed by atoms with Gasteiger partial charge in [0.25, 0.3) is 0 Å². The highest BCUT2D eigenvalue weighted by Crippen LogP contribution is 2.40. The molecule has 0 fully saturated rings. The van der Waals surface area contributed by atoms with Gasteiger partial charge in [0.15, 0.2) is 11.5 Å². The van der Waals surface area contributed by atoms with Gasteiger partial charge < -0.3 is 14.2 Å². The van der Waals surface area contributed by atoms with Gasteiger partial charge >= 0.3 is 15.6 Å². The SMILES string of the molecule is CCC(=O)N[C@H]1CCc2c(ccc(OC)c2OS(=O)(=O)C(F)(F)F)C1. The Bertz CT molecular complexity index is 761. The Hall–Kier alpha value is -1.97. The number of fused-ring (bicyclic) bond motifs is 1. The first-order chi connectivity index (χ1) is 11.6. The van der Waals surface area contributed by atoms with E-state index in [4.69, 9.17) is 4.74 Å². The number of carbonyl (C=O) groups is 1. The molecular weight excluding hydrogens is 363 g/mol. The highest BCUT2D eigenvalue weighted by molar-refractivity contribution is 7.88. The maximum atomic E-state index is 12.6. The molecule has 1 amide bonds. The smallest absolute Gasteiger partial charge is 0.493 e. The maximum Gasteiger partial charge on any atom is 0.534 e. The largest absolute Gasteiger partial charge is 0.534 e. The van der Waals surface area contributed by atoms with Crippen LogP contribution < -0.4 is 14.2 Å². The van der Waals surface area contributed by atoms with Crippen molar-refractivity contribution in [3.63, 3.8) is 0 Å². The molecule has 25 heavy (non-hydrogen) atoms. The number of hydrogen-bond acceptors (Lipinski definition) is 5. The van der Waals surface area contributed by atoms with Crippen LogP contribution in [0.4, 0.5) is 13.2 Å². The summed E-state index contributed by atoms with van der Waals surface area (Å²) in [7, 11) is -4.59. The van der Waals surface area contributed by atoms with Crippen LogP contribution >= 0.6 is 0 Å². The molecule has 1 N–H and O–H groups in total. The van der Waals surface area contributed by atoms with Crippen LogP contribution in [0.3, 0.4) is 0 Å². The van der Waals surface area contributed by atoms with Gasteiger partial charge in [-0.2, -0.15) is 21.6 Å². The fraction of sp³-hybridized carbons (Fsp3) is 0.533. The fourth-order valence-electron chi connectivity index (χ4n) is 2.66. The van der Waals surface area contributed by atoms with Crippen molar-refractivity contribution in [3.8, 4) is 11.5 Å². The van der Waals surface area contributed by atoms with E-state index in [9.17, 15) is 26.4 Å². The van der Waals surface area contributed by atoms with Gasteiger partial charge in [-0.1, -0.05) is 13.0 Å². The molecule has 0 aromatic heterocycles. The summed E-state index contributed by atoms with van der Waals surface area (Å²) in [6, 6.07) is 2.82. The molecule has 6 nitrogen and oxygen atoms in total. The molecule has 140 valence electrons. The topological polar surface area (TPSA) is 81.7 Å². The van der Waals surface area contributed by atoms with Crippen LogP contribution in [0.1, 0.15) is 30.9 Å². The summed E-state index contributed by atoms with van der Waals surface area (Å²) in [5, 5.41) is 2.82. The average molecular weight is 381 g/mol. The second-order valence-electron chi connectivity index (χ2n) is 5.58. The summed E-state index contributed by atoms with van der Waals surface area (Å²) in [5.74, 6) is -0.668. The van der Waals surface area contributed by atoms with Crippen molar-refractivity contribution in [1.29, 1.82) is 0 Å². The number of carbonyl (C=O) groups excluding carboxylic acids is 1. The van der Waals surface area contributed by atoms with E-state index in [1.54, 1.807) is 13.0 Å². The first kappa shape index (κ1) is 19.4. The van der Waals surface area contributed by atoms with Gasteiger partial charge in [0.1, 0.15) is 0 Å². The van der Waals surface area contributed by atoms with Crippen molar-refractivity contribution >= 4 is 16.0 Å². The molecule has 0 heterocycles. The molecule has 10 heteroatoms. The average Bonchev–Trinajstić information content (AvgIpc) is 2.53. The monoisotopic (exact) mass is 381 g/mol. The van der Waals surface area contributed by atoms with Crippen LogP contribution in [-0.4, -0.2) is 33.0 Å². The third-order valence-corrected chi connectivity index (χ3v) is 4.87. The molecular formula is C15H18F3NO5S. The van der Waals surface area contributed by atoms with Gasteiger partial charge in [-0.3, -0.25) is 4.79 Å². The second kappa shape index (κ2) is 7.11. The van der Waals surface area contributed by atoms with Crippen LogP contribution in [-0.2, 0) is 27.8 Å². The Labute approximate surface area is 143 Å². The molecule has 1 aliphatic carbocycles. The van der Waals surface area contributed by atoms with E-state index in [-0.39, 0.29) is 24.1 Å². The van der Waals surface area contributed by atoms with Gasteiger partial charge in [-0.05, 0) is 30.9 Å². The normalized spacial score (nSPS) is 17.6. The van der Waals surface area contributed by atoms with Gasteiger partial charge in [0, 0.05) is 18.0 Å². The lowest BCUT2D eigenvalue weighted by molar-refractivity contribution is -0.121. The molecule has 1 aromatic rings. The number of halogens is 3. The molecule has 1 atom stereocenters. The number of nitrogens with one attached hydrogen (secondary N) is 1. The van der Waals surface area contributed by atoms with E-state index in [0.717, 1.165) is 0 Å². The van der Waals surface area contributed by atoms with Crippen molar-refractivity contribution in [2.45, 2.75) is 44.2 Å². The van der Waals surface area contributed by atoms with E-state index in [1.165, 1.54) is 13.2 Å². The highest BCUT2D eigenvalue weighted by atomic mass is 32.2. The predicted molar refractivity (Wildman–Crippen MR) is 82.8 cm³/mol. The van der Waals surface area contributed by atoms with Crippen molar-refractivity contribution in [3.05, 3.63) is 23.3 Å². The molecule has 1 aliphatic rings. The van der Waals surface area contributed by atoms with E-state index >= 15 is 0 Å². The van der Waals surface area contributed by atoms with Crippen molar-refractivity contribution < 1.29 is 35.3 Å². The van der Waals surface area contributed by atoms with Crippen LogP contribution in [0.5, 0.6) is 11.5 Å². The molecule has 0 radical (unpaired) electrons. The van der Waals surface area contributed by atoms with Crippen LogP contribution in [0.15, 0.2) is 12.1 Å². The minimum Gasteiger partial charge on any atom is -0.493 e. The third-order valence-electron chi connectivity index (χ3n) is 3.91. The van der Waals surface area contributed by atoms with E-state index in [0.29, 0.717) is 30.4 Å². The summed E-state index contributed by atoms with van der Waals surface area (Å²) in [6.07, 6.45) is 1.40. The lowest BCUT2D eigenvalue weighted by Gasteiger charge is -2.27. The van der Waals surface area contributed by atoms with Crippen LogP contribution in [0, 0.1) is 0 Å². The molecule has 1 aromatic carbocycles. The number of amides is 1. The summed E-state index contributed by atoms with van der Waals surface area (Å²) >= 11 is 0. The molecule has 2 rings (SSSR count). The van der Waals surface area contributed by atoms with Crippen molar-refractivity contribution in [1.82, 2.24) is 5.32 Å². The molecule has 0 spiro atoms. The summed E-state index contributed by atoms with van der Waals surface area (Å²) in [4.78, 5) is 11.5. The first-order valence-electron chi connectivity index (χ1n) is 7.58. The van der Waals surface area contributed by atoms with E-state index < -0.39 is 21.4 Å².